The Bertz CT molecular complexity index is 628. The van der Waals surface area contributed by atoms with E-state index in [1.54, 1.807) is 18.4 Å². The molecule has 0 aromatic carbocycles. The van der Waals surface area contributed by atoms with Gasteiger partial charge in [-0.25, -0.2) is 0 Å². The lowest BCUT2D eigenvalue weighted by atomic mass is 10.1. The SMILES string of the molecule is CCCCCCCCNC(=O)CC1SC(=NN=Cc2ccco2)NC1=O. The number of unbranched alkanes of at least 4 members (excludes halogenated alkanes) is 5. The number of hydrogen-bond acceptors (Lipinski definition) is 6. The molecule has 1 fully saturated rings. The van der Waals surface area contributed by atoms with Gasteiger partial charge in [0, 0.05) is 13.0 Å². The summed E-state index contributed by atoms with van der Waals surface area (Å²) in [5.74, 6) is 0.262. The molecule has 2 heterocycles. The second kappa shape index (κ2) is 11.5. The van der Waals surface area contributed by atoms with Crippen LogP contribution in [0, 0.1) is 0 Å². The van der Waals surface area contributed by atoms with E-state index < -0.39 is 5.25 Å². The first-order valence-corrected chi connectivity index (χ1v) is 9.95. The number of thioether (sulfide) groups is 1. The number of amidine groups is 1. The van der Waals surface area contributed by atoms with Crippen molar-refractivity contribution in [3.63, 3.8) is 0 Å². The number of carbonyl (C=O) groups is 2. The minimum Gasteiger partial charge on any atom is -0.463 e. The van der Waals surface area contributed by atoms with E-state index in [2.05, 4.69) is 27.8 Å². The van der Waals surface area contributed by atoms with E-state index in [4.69, 9.17) is 4.42 Å². The Morgan fingerprint density at radius 3 is 2.92 bits per heavy atom. The highest BCUT2D eigenvalue weighted by atomic mass is 32.2. The van der Waals surface area contributed by atoms with Crippen LogP contribution in [0.15, 0.2) is 33.0 Å². The molecule has 142 valence electrons. The molecule has 1 aliphatic heterocycles. The third-order valence-corrected chi connectivity index (χ3v) is 4.95. The zero-order chi connectivity index (χ0) is 18.6. The zero-order valence-corrected chi connectivity index (χ0v) is 15.9. The van der Waals surface area contributed by atoms with Gasteiger partial charge in [-0.15, -0.1) is 5.10 Å². The number of nitrogens with one attached hydrogen (secondary N) is 2. The molecule has 1 atom stereocenters. The van der Waals surface area contributed by atoms with Gasteiger partial charge in [-0.2, -0.15) is 5.10 Å². The molecule has 0 saturated carbocycles. The first-order chi connectivity index (χ1) is 12.7. The Morgan fingerprint density at radius 1 is 1.35 bits per heavy atom. The molecule has 7 nitrogen and oxygen atoms in total. The maximum atomic E-state index is 12.0. The zero-order valence-electron chi connectivity index (χ0n) is 15.1. The van der Waals surface area contributed by atoms with Gasteiger partial charge in [0.2, 0.25) is 11.8 Å². The van der Waals surface area contributed by atoms with E-state index in [0.717, 1.165) is 12.8 Å². The van der Waals surface area contributed by atoms with Gasteiger partial charge in [0.1, 0.15) is 11.0 Å². The van der Waals surface area contributed by atoms with Crippen LogP contribution in [0.3, 0.4) is 0 Å². The van der Waals surface area contributed by atoms with E-state index in [0.29, 0.717) is 17.5 Å². The molecule has 2 amide bonds. The van der Waals surface area contributed by atoms with Gasteiger partial charge >= 0.3 is 0 Å². The van der Waals surface area contributed by atoms with Crippen LogP contribution in [0.2, 0.25) is 0 Å². The van der Waals surface area contributed by atoms with Crippen LogP contribution in [-0.2, 0) is 9.59 Å². The minimum absolute atomic E-state index is 0.105. The highest BCUT2D eigenvalue weighted by Gasteiger charge is 2.32. The van der Waals surface area contributed by atoms with Crippen molar-refractivity contribution in [1.29, 1.82) is 0 Å². The van der Waals surface area contributed by atoms with Crippen molar-refractivity contribution >= 4 is 35.0 Å². The summed E-state index contributed by atoms with van der Waals surface area (Å²) >= 11 is 1.22. The number of hydrogen-bond donors (Lipinski definition) is 2. The van der Waals surface area contributed by atoms with E-state index in [-0.39, 0.29) is 18.2 Å². The van der Waals surface area contributed by atoms with E-state index >= 15 is 0 Å². The van der Waals surface area contributed by atoms with Crippen LogP contribution in [-0.4, -0.2) is 35.0 Å². The standard InChI is InChI=1S/C18H26N4O3S/c1-2-3-4-5-6-7-10-19-16(23)12-15-17(24)21-18(26-15)22-20-13-14-9-8-11-25-14/h8-9,11,13,15H,2-7,10,12H2,1H3,(H,19,23)(H,21,22,24). The first-order valence-electron chi connectivity index (χ1n) is 9.07. The summed E-state index contributed by atoms with van der Waals surface area (Å²) in [6.45, 7) is 2.86. The van der Waals surface area contributed by atoms with Gasteiger partial charge < -0.3 is 15.1 Å². The molecule has 1 unspecified atom stereocenters. The maximum Gasteiger partial charge on any atom is 0.240 e. The summed E-state index contributed by atoms with van der Waals surface area (Å²) in [6.07, 6.45) is 10.2. The van der Waals surface area contributed by atoms with E-state index in [9.17, 15) is 9.59 Å². The Morgan fingerprint density at radius 2 is 2.15 bits per heavy atom. The van der Waals surface area contributed by atoms with Crippen molar-refractivity contribution in [3.8, 4) is 0 Å². The molecular weight excluding hydrogens is 352 g/mol. The van der Waals surface area contributed by atoms with Crippen LogP contribution in [0.4, 0.5) is 0 Å². The lowest BCUT2D eigenvalue weighted by Gasteiger charge is -2.07. The Balaban J connectivity index is 1.64. The van der Waals surface area contributed by atoms with Gasteiger partial charge in [-0.05, 0) is 18.6 Å². The van der Waals surface area contributed by atoms with Crippen LogP contribution in [0.25, 0.3) is 0 Å². The van der Waals surface area contributed by atoms with Gasteiger partial charge in [-0.1, -0.05) is 50.8 Å². The number of rotatable bonds is 11. The molecule has 0 bridgehead atoms. The second-order valence-electron chi connectivity index (χ2n) is 6.08. The number of nitrogens with zero attached hydrogens (tertiary/aromatic N) is 2. The fraction of sp³-hybridized carbons (Fsp3) is 0.556. The molecule has 8 heteroatoms. The molecule has 1 aliphatic rings. The minimum atomic E-state index is -0.461. The molecule has 0 radical (unpaired) electrons. The average molecular weight is 378 g/mol. The predicted octanol–water partition coefficient (Wildman–Crippen LogP) is 3.07. The largest absolute Gasteiger partial charge is 0.463 e. The highest BCUT2D eigenvalue weighted by Crippen LogP contribution is 2.22. The van der Waals surface area contributed by atoms with Crippen LogP contribution < -0.4 is 10.6 Å². The predicted molar refractivity (Wildman–Crippen MR) is 104 cm³/mol. The normalized spacial score (nSPS) is 18.6. The third-order valence-electron chi connectivity index (χ3n) is 3.88. The smallest absolute Gasteiger partial charge is 0.240 e. The molecular formula is C18H26N4O3S. The Labute approximate surface area is 158 Å². The molecule has 0 spiro atoms. The van der Waals surface area contributed by atoms with Crippen molar-refractivity contribution in [2.75, 3.05) is 6.54 Å². The number of carbonyl (C=O) groups excluding carboxylic acids is 2. The second-order valence-corrected chi connectivity index (χ2v) is 7.27. The summed E-state index contributed by atoms with van der Waals surface area (Å²) in [7, 11) is 0. The summed E-state index contributed by atoms with van der Waals surface area (Å²) in [5, 5.41) is 13.3. The van der Waals surface area contributed by atoms with Crippen LogP contribution >= 0.6 is 11.8 Å². The van der Waals surface area contributed by atoms with Crippen molar-refractivity contribution < 1.29 is 14.0 Å². The third kappa shape index (κ3) is 7.43. The monoisotopic (exact) mass is 378 g/mol. The maximum absolute atomic E-state index is 12.0. The van der Waals surface area contributed by atoms with Crippen molar-refractivity contribution in [3.05, 3.63) is 24.2 Å². The molecule has 1 aromatic heterocycles. The van der Waals surface area contributed by atoms with Gasteiger partial charge in [0.05, 0.1) is 12.5 Å². The number of furan rings is 1. The molecule has 2 rings (SSSR count). The van der Waals surface area contributed by atoms with Gasteiger partial charge in [0.15, 0.2) is 5.17 Å². The lowest BCUT2D eigenvalue weighted by Crippen LogP contribution is -2.31. The lowest BCUT2D eigenvalue weighted by molar-refractivity contribution is -0.125. The topological polar surface area (TPSA) is 96.1 Å². The van der Waals surface area contributed by atoms with Crippen molar-refractivity contribution in [1.82, 2.24) is 10.6 Å². The van der Waals surface area contributed by atoms with Crippen LogP contribution in [0.5, 0.6) is 0 Å². The quantitative estimate of drug-likeness (QED) is 0.351. The summed E-state index contributed by atoms with van der Waals surface area (Å²) in [6, 6.07) is 3.50. The fourth-order valence-corrected chi connectivity index (χ4v) is 3.39. The van der Waals surface area contributed by atoms with E-state index in [1.165, 1.54) is 43.7 Å². The molecule has 1 aromatic rings. The fourth-order valence-electron chi connectivity index (χ4n) is 2.46. The Hall–Kier alpha value is -2.09. The first kappa shape index (κ1) is 20.2. The highest BCUT2D eigenvalue weighted by molar-refractivity contribution is 8.15. The van der Waals surface area contributed by atoms with Crippen molar-refractivity contribution in [2.24, 2.45) is 10.2 Å². The van der Waals surface area contributed by atoms with Gasteiger partial charge in [0.25, 0.3) is 0 Å². The summed E-state index contributed by atoms with van der Waals surface area (Å²) in [5.41, 5.74) is 0. The molecule has 1 saturated heterocycles. The van der Waals surface area contributed by atoms with E-state index in [1.807, 2.05) is 0 Å². The van der Waals surface area contributed by atoms with Gasteiger partial charge in [-0.3, -0.25) is 9.59 Å². The summed E-state index contributed by atoms with van der Waals surface area (Å²) in [4.78, 5) is 23.9. The average Bonchev–Trinajstić information content (AvgIpc) is 3.24. The van der Waals surface area contributed by atoms with Crippen LogP contribution in [0.1, 0.15) is 57.6 Å². The summed E-state index contributed by atoms with van der Waals surface area (Å²) < 4.78 is 5.10. The number of amides is 2. The Kier molecular flexibility index (Phi) is 8.95. The van der Waals surface area contributed by atoms with Crippen molar-refractivity contribution in [2.45, 2.75) is 57.1 Å². The molecule has 0 aliphatic carbocycles. The molecule has 26 heavy (non-hydrogen) atoms. The molecule has 2 N–H and O–H groups in total.